The predicted octanol–water partition coefficient (Wildman–Crippen LogP) is 4.79. The summed E-state index contributed by atoms with van der Waals surface area (Å²) in [6.07, 6.45) is 1.39. The molecule has 0 saturated heterocycles. The smallest absolute Gasteiger partial charge is 0.283 e. The molecule has 0 heterocycles. The maximum absolute atomic E-state index is 12.9. The number of carbonyl (C=O) groups excluding carboxylic acids is 2. The summed E-state index contributed by atoms with van der Waals surface area (Å²) >= 11 is 5.95. The van der Waals surface area contributed by atoms with Crippen LogP contribution >= 0.6 is 11.6 Å². The Hall–Kier alpha value is -3.75. The van der Waals surface area contributed by atoms with Crippen LogP contribution in [-0.2, 0) is 10.0 Å². The number of nitrogens with one attached hydrogen (secondary N) is 2. The molecule has 0 aliphatic heterocycles. The first-order valence-corrected chi connectivity index (χ1v) is 12.6. The fourth-order valence-corrected chi connectivity index (χ4v) is 4.64. The number of allylic oxidation sites excluding steroid dienone is 2. The SMILES string of the molecule is Cc1ccc(S(=O)(=O)N=C(CCNC2=CC(=O)c3ccccc3C2=O)Nc2ccc(Cl)cc2)cc1. The number of carbonyl (C=O) groups is 2. The molecule has 178 valence electrons. The van der Waals surface area contributed by atoms with Gasteiger partial charge in [-0.25, -0.2) is 0 Å². The van der Waals surface area contributed by atoms with Crippen molar-refractivity contribution in [2.75, 3.05) is 11.9 Å². The van der Waals surface area contributed by atoms with Crippen LogP contribution in [0.15, 0.2) is 93.9 Å². The molecule has 0 atom stereocenters. The van der Waals surface area contributed by atoms with Crippen LogP contribution in [0, 0.1) is 6.92 Å². The molecule has 35 heavy (non-hydrogen) atoms. The van der Waals surface area contributed by atoms with Crippen LogP contribution in [-0.4, -0.2) is 32.4 Å². The van der Waals surface area contributed by atoms with Gasteiger partial charge in [0, 0.05) is 40.9 Å². The minimum absolute atomic E-state index is 0.0684. The molecule has 0 aromatic heterocycles. The van der Waals surface area contributed by atoms with Crippen LogP contribution in [0.2, 0.25) is 5.02 Å². The number of ketones is 2. The first-order valence-electron chi connectivity index (χ1n) is 10.8. The highest BCUT2D eigenvalue weighted by atomic mass is 35.5. The summed E-state index contributed by atoms with van der Waals surface area (Å²) < 4.78 is 29.8. The number of benzene rings is 3. The number of rotatable bonds is 7. The molecule has 0 bridgehead atoms. The van der Waals surface area contributed by atoms with Gasteiger partial charge in [-0.1, -0.05) is 53.6 Å². The Kier molecular flexibility index (Phi) is 7.14. The van der Waals surface area contributed by atoms with Crippen LogP contribution in [0.3, 0.4) is 0 Å². The summed E-state index contributed by atoms with van der Waals surface area (Å²) in [4.78, 5) is 25.2. The van der Waals surface area contributed by atoms with Gasteiger partial charge in [-0.05, 0) is 43.3 Å². The van der Waals surface area contributed by atoms with Crippen LogP contribution in [0.5, 0.6) is 0 Å². The first-order chi connectivity index (χ1) is 16.7. The zero-order valence-corrected chi connectivity index (χ0v) is 20.4. The van der Waals surface area contributed by atoms with E-state index in [2.05, 4.69) is 15.0 Å². The third-order valence-corrected chi connectivity index (χ3v) is 6.90. The minimum Gasteiger partial charge on any atom is -0.381 e. The summed E-state index contributed by atoms with van der Waals surface area (Å²) in [5.41, 5.74) is 2.37. The largest absolute Gasteiger partial charge is 0.381 e. The molecule has 2 N–H and O–H groups in total. The van der Waals surface area contributed by atoms with Crippen molar-refractivity contribution in [1.29, 1.82) is 0 Å². The van der Waals surface area contributed by atoms with Crippen molar-refractivity contribution < 1.29 is 18.0 Å². The highest BCUT2D eigenvalue weighted by Crippen LogP contribution is 2.20. The summed E-state index contributed by atoms with van der Waals surface area (Å²) in [6, 6.07) is 19.8. The van der Waals surface area contributed by atoms with Gasteiger partial charge in [0.05, 0.1) is 10.6 Å². The molecule has 1 aliphatic carbocycles. The van der Waals surface area contributed by atoms with Crippen molar-refractivity contribution in [3.8, 4) is 0 Å². The maximum atomic E-state index is 12.9. The fourth-order valence-electron chi connectivity index (χ4n) is 3.50. The number of anilines is 1. The van der Waals surface area contributed by atoms with Gasteiger partial charge >= 0.3 is 0 Å². The number of nitrogens with zero attached hydrogens (tertiary/aromatic N) is 1. The zero-order chi connectivity index (χ0) is 25.0. The molecule has 3 aromatic carbocycles. The lowest BCUT2D eigenvalue weighted by Gasteiger charge is -2.17. The Balaban J connectivity index is 1.54. The quantitative estimate of drug-likeness (QED) is 0.352. The number of fused-ring (bicyclic) bond motifs is 1. The highest BCUT2D eigenvalue weighted by molar-refractivity contribution is 7.90. The third kappa shape index (κ3) is 5.85. The Morgan fingerprint density at radius 2 is 1.57 bits per heavy atom. The number of aryl methyl sites for hydroxylation is 1. The lowest BCUT2D eigenvalue weighted by Crippen LogP contribution is -2.29. The van der Waals surface area contributed by atoms with Gasteiger partial charge in [0.15, 0.2) is 5.78 Å². The van der Waals surface area contributed by atoms with Crippen LogP contribution in [0.4, 0.5) is 5.69 Å². The molecular weight excluding hydrogens is 486 g/mol. The fraction of sp³-hybridized carbons (Fsp3) is 0.115. The molecule has 0 fully saturated rings. The summed E-state index contributed by atoms with van der Waals surface area (Å²) in [7, 11) is -3.98. The Morgan fingerprint density at radius 3 is 2.26 bits per heavy atom. The second-order valence-electron chi connectivity index (χ2n) is 7.93. The number of hydrogen-bond acceptors (Lipinski definition) is 5. The monoisotopic (exact) mass is 507 g/mol. The third-order valence-electron chi connectivity index (χ3n) is 5.32. The Morgan fingerprint density at radius 1 is 0.914 bits per heavy atom. The van der Waals surface area contributed by atoms with E-state index in [1.54, 1.807) is 60.7 Å². The predicted molar refractivity (Wildman–Crippen MR) is 137 cm³/mol. The van der Waals surface area contributed by atoms with Gasteiger partial charge in [-0.15, -0.1) is 4.40 Å². The standard InChI is InChI=1S/C26H22ClN3O4S/c1-17-6-12-20(13-7-17)35(33,34)30-25(29-19-10-8-18(27)9-11-19)14-15-28-23-16-24(31)21-4-2-3-5-22(21)26(23)32/h2-13,16,28H,14-15H2,1H3,(H,29,30). The van der Waals surface area contributed by atoms with Crippen molar-refractivity contribution in [2.45, 2.75) is 18.2 Å². The lowest BCUT2D eigenvalue weighted by molar-refractivity contribution is 0.0978. The van der Waals surface area contributed by atoms with Gasteiger partial charge in [-0.3, -0.25) is 9.59 Å². The molecule has 3 aromatic rings. The molecular formula is C26H22ClN3O4S. The van der Waals surface area contributed by atoms with Crippen LogP contribution < -0.4 is 10.6 Å². The molecule has 4 rings (SSSR count). The van der Waals surface area contributed by atoms with E-state index in [9.17, 15) is 18.0 Å². The van der Waals surface area contributed by atoms with Gasteiger partial charge < -0.3 is 10.6 Å². The topological polar surface area (TPSA) is 105 Å². The number of Topliss-reactive ketones (excluding diaryl/α,β-unsaturated/α-hetero) is 1. The van der Waals surface area contributed by atoms with E-state index in [0.717, 1.165) is 5.56 Å². The lowest BCUT2D eigenvalue weighted by atomic mass is 9.93. The zero-order valence-electron chi connectivity index (χ0n) is 18.8. The van der Waals surface area contributed by atoms with Crippen LogP contribution in [0.25, 0.3) is 0 Å². The second kappa shape index (κ2) is 10.2. The van der Waals surface area contributed by atoms with E-state index in [1.807, 2.05) is 6.92 Å². The average molecular weight is 508 g/mol. The Bertz CT molecular complexity index is 1440. The van der Waals surface area contributed by atoms with Gasteiger partial charge in [-0.2, -0.15) is 8.42 Å². The van der Waals surface area contributed by atoms with Crippen molar-refractivity contribution in [1.82, 2.24) is 5.32 Å². The summed E-state index contributed by atoms with van der Waals surface area (Å²) in [6.45, 7) is 2.03. The summed E-state index contributed by atoms with van der Waals surface area (Å²) in [5.74, 6) is -0.398. The van der Waals surface area contributed by atoms with E-state index < -0.39 is 10.0 Å². The van der Waals surface area contributed by atoms with E-state index in [4.69, 9.17) is 11.6 Å². The number of halogens is 1. The van der Waals surface area contributed by atoms with Crippen molar-refractivity contribution >= 4 is 44.7 Å². The number of amidine groups is 1. The highest BCUT2D eigenvalue weighted by Gasteiger charge is 2.25. The second-order valence-corrected chi connectivity index (χ2v) is 9.97. The first kappa shape index (κ1) is 24.4. The van der Waals surface area contributed by atoms with E-state index in [1.165, 1.54) is 18.2 Å². The maximum Gasteiger partial charge on any atom is 0.283 e. The van der Waals surface area contributed by atoms with Gasteiger partial charge in [0.1, 0.15) is 5.84 Å². The van der Waals surface area contributed by atoms with Crippen molar-refractivity contribution in [3.63, 3.8) is 0 Å². The Labute approximate surface area is 208 Å². The molecule has 0 spiro atoms. The minimum atomic E-state index is -3.98. The molecule has 0 radical (unpaired) electrons. The molecule has 0 amide bonds. The number of hydrogen-bond donors (Lipinski definition) is 2. The normalized spacial score (nSPS) is 13.8. The van der Waals surface area contributed by atoms with Crippen molar-refractivity contribution in [3.05, 3.63) is 106 Å². The van der Waals surface area contributed by atoms with E-state index in [-0.39, 0.29) is 41.0 Å². The van der Waals surface area contributed by atoms with Gasteiger partial charge in [0.25, 0.3) is 10.0 Å². The van der Waals surface area contributed by atoms with Crippen LogP contribution in [0.1, 0.15) is 32.7 Å². The van der Waals surface area contributed by atoms with E-state index in [0.29, 0.717) is 21.8 Å². The molecule has 0 saturated carbocycles. The summed E-state index contributed by atoms with van der Waals surface area (Å²) in [5, 5.41) is 6.51. The van der Waals surface area contributed by atoms with Crippen molar-refractivity contribution in [2.24, 2.45) is 4.40 Å². The molecule has 7 nitrogen and oxygen atoms in total. The van der Waals surface area contributed by atoms with E-state index >= 15 is 0 Å². The van der Waals surface area contributed by atoms with Gasteiger partial charge in [0.2, 0.25) is 5.78 Å². The number of sulfonamides is 1. The molecule has 0 unspecified atom stereocenters. The molecule has 1 aliphatic rings. The molecule has 9 heteroatoms. The average Bonchev–Trinajstić information content (AvgIpc) is 2.83.